The van der Waals surface area contributed by atoms with Crippen LogP contribution >= 0.6 is 0 Å². The summed E-state index contributed by atoms with van der Waals surface area (Å²) in [4.78, 5) is 3.70. The third-order valence-electron chi connectivity index (χ3n) is 0.618. The molecule has 0 aliphatic carbocycles. The second-order valence-electron chi connectivity index (χ2n) is 1.16. The third-order valence-corrected chi connectivity index (χ3v) is 0.618. The molecule has 2 nitrogen and oxygen atoms in total. The Morgan fingerprint density at radius 3 is 2.86 bits per heavy atom. The minimum absolute atomic E-state index is 0.728. The summed E-state index contributed by atoms with van der Waals surface area (Å²) in [6.45, 7) is 3.55. The smallest absolute Gasteiger partial charge is 0.180 e. The number of hydrogen-bond acceptors (Lipinski definition) is 2. The van der Waals surface area contributed by atoms with E-state index in [-0.39, 0.29) is 0 Å². The zero-order chi connectivity index (χ0) is 5.11. The first kappa shape index (κ1) is 4.12. The zero-order valence-corrected chi connectivity index (χ0v) is 3.79. The fraction of sp³-hybridized carbons (Fsp3) is 0. The molecule has 0 aromatic heterocycles. The zero-order valence-electron chi connectivity index (χ0n) is 3.79. The van der Waals surface area contributed by atoms with Crippen molar-refractivity contribution in [3.05, 3.63) is 24.6 Å². The van der Waals surface area contributed by atoms with Crippen molar-refractivity contribution in [1.82, 2.24) is 0 Å². The lowest BCUT2D eigenvalue weighted by Gasteiger charge is -1.94. The molecule has 0 fully saturated rings. The minimum Gasteiger partial charge on any atom is -0.453 e. The van der Waals surface area contributed by atoms with E-state index in [2.05, 4.69) is 16.3 Å². The van der Waals surface area contributed by atoms with Gasteiger partial charge in [-0.25, -0.2) is 4.99 Å². The van der Waals surface area contributed by atoms with Gasteiger partial charge in [-0.15, -0.1) is 0 Å². The van der Waals surface area contributed by atoms with Gasteiger partial charge in [-0.3, -0.25) is 0 Å². The van der Waals surface area contributed by atoms with Crippen LogP contribution < -0.4 is 0 Å². The van der Waals surface area contributed by atoms with Crippen molar-refractivity contribution in [1.29, 1.82) is 0 Å². The summed E-state index contributed by atoms with van der Waals surface area (Å²) in [7, 11) is 0. The highest BCUT2D eigenvalue weighted by Crippen LogP contribution is 1.97. The Labute approximate surface area is 41.8 Å². The summed E-state index contributed by atoms with van der Waals surface area (Å²) in [5, 5.41) is 0. The molecule has 0 aromatic rings. The second kappa shape index (κ2) is 1.60. The minimum atomic E-state index is 0.728. The van der Waals surface area contributed by atoms with Crippen LogP contribution in [0.3, 0.4) is 0 Å². The topological polar surface area (TPSA) is 21.6 Å². The quantitative estimate of drug-likeness (QED) is 0.441. The van der Waals surface area contributed by atoms with Crippen molar-refractivity contribution in [2.24, 2.45) is 4.99 Å². The van der Waals surface area contributed by atoms with Gasteiger partial charge in [-0.2, -0.15) is 0 Å². The van der Waals surface area contributed by atoms with Crippen LogP contribution in [0.5, 0.6) is 0 Å². The van der Waals surface area contributed by atoms with E-state index in [0.717, 1.165) is 5.70 Å². The average Bonchev–Trinajstić information content (AvgIpc) is 1.69. The number of hydrogen-bond donors (Lipinski definition) is 0. The molecule has 0 N–H and O–H groups in total. The Hall–Kier alpha value is -1.05. The highest BCUT2D eigenvalue weighted by molar-refractivity contribution is 5.52. The van der Waals surface area contributed by atoms with Crippen LogP contribution in [0.15, 0.2) is 29.6 Å². The van der Waals surface area contributed by atoms with Crippen LogP contribution in [0.2, 0.25) is 0 Å². The van der Waals surface area contributed by atoms with Gasteiger partial charge < -0.3 is 4.74 Å². The summed E-state index contributed by atoms with van der Waals surface area (Å²) < 4.78 is 4.61. The summed E-state index contributed by atoms with van der Waals surface area (Å²) in [6, 6.07) is 0. The van der Waals surface area contributed by atoms with Crippen molar-refractivity contribution in [2.75, 3.05) is 0 Å². The van der Waals surface area contributed by atoms with Gasteiger partial charge in [0, 0.05) is 0 Å². The molecule has 0 saturated heterocycles. The maximum absolute atomic E-state index is 4.61. The summed E-state index contributed by atoms with van der Waals surface area (Å²) >= 11 is 0. The molecule has 0 spiro atoms. The average molecular weight is 95.1 g/mol. The van der Waals surface area contributed by atoms with E-state index < -0.39 is 0 Å². The van der Waals surface area contributed by atoms with Gasteiger partial charge >= 0.3 is 0 Å². The lowest BCUT2D eigenvalue weighted by Crippen LogP contribution is -1.82. The van der Waals surface area contributed by atoms with Crippen LogP contribution in [0.4, 0.5) is 0 Å². The van der Waals surface area contributed by atoms with E-state index in [4.69, 9.17) is 0 Å². The predicted octanol–water partition coefficient (Wildman–Crippen LogP) is 1.07. The monoisotopic (exact) mass is 95.0 g/mol. The molecule has 36 valence electrons. The first-order valence-electron chi connectivity index (χ1n) is 1.93. The van der Waals surface area contributed by atoms with E-state index in [9.17, 15) is 0 Å². The number of nitrogens with zero attached hydrogens (tertiary/aromatic N) is 1. The Balaban J connectivity index is 2.66. The normalized spacial score (nSPS) is 16.9. The standard InChI is InChI=1S/C5H5NO/c1-5-2-3-7-4-6-5/h2-4H,1H2. The van der Waals surface area contributed by atoms with Crippen molar-refractivity contribution < 1.29 is 4.74 Å². The van der Waals surface area contributed by atoms with Crippen LogP contribution in [0, 0.1) is 0 Å². The molecular formula is C5H5NO. The molecule has 7 heavy (non-hydrogen) atoms. The molecule has 0 radical (unpaired) electrons. The summed E-state index contributed by atoms with van der Waals surface area (Å²) in [5.74, 6) is 0. The Morgan fingerprint density at radius 2 is 2.57 bits per heavy atom. The molecular weight excluding hydrogens is 90.1 g/mol. The van der Waals surface area contributed by atoms with E-state index >= 15 is 0 Å². The molecule has 0 unspecified atom stereocenters. The van der Waals surface area contributed by atoms with Crippen molar-refractivity contribution in [2.45, 2.75) is 0 Å². The third kappa shape index (κ3) is 0.892. The first-order chi connectivity index (χ1) is 3.39. The predicted molar refractivity (Wildman–Crippen MR) is 27.9 cm³/mol. The van der Waals surface area contributed by atoms with Crippen LogP contribution in [-0.2, 0) is 4.74 Å². The maximum atomic E-state index is 4.61. The van der Waals surface area contributed by atoms with Crippen LogP contribution in [-0.4, -0.2) is 6.40 Å². The van der Waals surface area contributed by atoms with E-state index in [0.29, 0.717) is 0 Å². The molecule has 1 aliphatic heterocycles. The lowest BCUT2D eigenvalue weighted by molar-refractivity contribution is 0.487. The molecule has 0 atom stereocenters. The molecule has 1 heterocycles. The number of aliphatic imine (C=N–C) groups is 1. The number of allylic oxidation sites excluding steroid dienone is 1. The largest absolute Gasteiger partial charge is 0.453 e. The highest BCUT2D eigenvalue weighted by Gasteiger charge is 1.84. The first-order valence-corrected chi connectivity index (χ1v) is 1.93. The van der Waals surface area contributed by atoms with Gasteiger partial charge in [0.25, 0.3) is 0 Å². The van der Waals surface area contributed by atoms with Crippen molar-refractivity contribution >= 4 is 6.40 Å². The molecule has 2 heteroatoms. The Morgan fingerprint density at radius 1 is 1.71 bits per heavy atom. The molecule has 0 bridgehead atoms. The fourth-order valence-corrected chi connectivity index (χ4v) is 0.294. The number of rotatable bonds is 0. The molecule has 0 saturated carbocycles. The lowest BCUT2D eigenvalue weighted by atomic mass is 10.5. The highest BCUT2D eigenvalue weighted by atomic mass is 16.5. The van der Waals surface area contributed by atoms with Gasteiger partial charge in [-0.05, 0) is 6.08 Å². The van der Waals surface area contributed by atoms with Gasteiger partial charge in [0.15, 0.2) is 6.40 Å². The second-order valence-corrected chi connectivity index (χ2v) is 1.16. The van der Waals surface area contributed by atoms with E-state index in [1.54, 1.807) is 6.08 Å². The SMILES string of the molecule is C=C1C=COC=N1. The van der Waals surface area contributed by atoms with Crippen molar-refractivity contribution in [3.8, 4) is 0 Å². The molecule has 0 aromatic carbocycles. The van der Waals surface area contributed by atoms with Crippen LogP contribution in [0.1, 0.15) is 0 Å². The van der Waals surface area contributed by atoms with E-state index in [1.165, 1.54) is 12.7 Å². The van der Waals surface area contributed by atoms with Gasteiger partial charge in [0.1, 0.15) is 0 Å². The summed E-state index contributed by atoms with van der Waals surface area (Å²) in [6.07, 6.45) is 4.58. The van der Waals surface area contributed by atoms with Crippen LogP contribution in [0.25, 0.3) is 0 Å². The van der Waals surface area contributed by atoms with Crippen molar-refractivity contribution in [3.63, 3.8) is 0 Å². The molecule has 0 amide bonds. The molecule has 1 rings (SSSR count). The Kier molecular flexibility index (Phi) is 0.941. The number of ether oxygens (including phenoxy) is 1. The molecule has 1 aliphatic rings. The van der Waals surface area contributed by atoms with Gasteiger partial charge in [0.05, 0.1) is 12.0 Å². The van der Waals surface area contributed by atoms with E-state index in [1.807, 2.05) is 0 Å². The maximum Gasteiger partial charge on any atom is 0.180 e. The summed E-state index contributed by atoms with van der Waals surface area (Å²) in [5.41, 5.74) is 0.728. The Bertz CT molecular complexity index is 121. The van der Waals surface area contributed by atoms with Gasteiger partial charge in [-0.1, -0.05) is 6.58 Å². The van der Waals surface area contributed by atoms with Gasteiger partial charge in [0.2, 0.25) is 0 Å². The fourth-order valence-electron chi connectivity index (χ4n) is 0.294.